The van der Waals surface area contributed by atoms with E-state index in [9.17, 15) is 4.39 Å². The number of thiazole rings is 1. The summed E-state index contributed by atoms with van der Waals surface area (Å²) in [5.74, 6) is 0.379. The first-order valence-corrected chi connectivity index (χ1v) is 6.55. The molecule has 0 fully saturated rings. The van der Waals surface area contributed by atoms with Crippen molar-refractivity contribution < 1.29 is 9.13 Å². The third-order valence-corrected chi connectivity index (χ3v) is 3.68. The number of hydrogen-bond acceptors (Lipinski definition) is 4. The number of ether oxygens (including phenoxy) is 1. The van der Waals surface area contributed by atoms with E-state index in [0.717, 1.165) is 12.1 Å². The van der Waals surface area contributed by atoms with Crippen molar-refractivity contribution >= 4 is 17.0 Å². The van der Waals surface area contributed by atoms with Crippen molar-refractivity contribution in [1.82, 2.24) is 4.98 Å². The third kappa shape index (κ3) is 2.98. The lowest BCUT2D eigenvalue weighted by atomic mass is 10.2. The highest BCUT2D eigenvalue weighted by Crippen LogP contribution is 2.21. The Hall–Kier alpha value is -1.62. The number of anilines is 1. The number of aromatic nitrogens is 1. The smallest absolute Gasteiger partial charge is 0.146 e. The van der Waals surface area contributed by atoms with E-state index in [1.54, 1.807) is 30.6 Å². The highest BCUT2D eigenvalue weighted by molar-refractivity contribution is 7.09. The van der Waals surface area contributed by atoms with E-state index in [-0.39, 0.29) is 5.82 Å². The van der Waals surface area contributed by atoms with Crippen LogP contribution in [0.1, 0.15) is 10.6 Å². The van der Waals surface area contributed by atoms with E-state index < -0.39 is 0 Å². The summed E-state index contributed by atoms with van der Waals surface area (Å²) in [7, 11) is 1.57. The predicted octanol–water partition coefficient (Wildman–Crippen LogP) is 3.25. The Kier molecular flexibility index (Phi) is 4.15. The summed E-state index contributed by atoms with van der Waals surface area (Å²) in [6, 6.07) is 4.67. The van der Waals surface area contributed by atoms with Crippen LogP contribution in [0.3, 0.4) is 0 Å². The van der Waals surface area contributed by atoms with Crippen molar-refractivity contribution in [2.75, 3.05) is 19.0 Å². The van der Waals surface area contributed by atoms with Gasteiger partial charge in [-0.3, -0.25) is 0 Å². The van der Waals surface area contributed by atoms with E-state index in [0.29, 0.717) is 18.0 Å². The Labute approximate surface area is 110 Å². The van der Waals surface area contributed by atoms with Gasteiger partial charge in [0.1, 0.15) is 11.6 Å². The predicted molar refractivity (Wildman–Crippen MR) is 72.0 cm³/mol. The fraction of sp³-hybridized carbons (Fsp3) is 0.308. The van der Waals surface area contributed by atoms with Crippen LogP contribution in [0, 0.1) is 12.7 Å². The van der Waals surface area contributed by atoms with E-state index in [4.69, 9.17) is 4.74 Å². The lowest BCUT2D eigenvalue weighted by Crippen LogP contribution is -2.06. The summed E-state index contributed by atoms with van der Waals surface area (Å²) in [5, 5.41) is 3.08. The van der Waals surface area contributed by atoms with Gasteiger partial charge in [-0.1, -0.05) is 0 Å². The largest absolute Gasteiger partial charge is 0.497 e. The molecule has 18 heavy (non-hydrogen) atoms. The van der Waals surface area contributed by atoms with Gasteiger partial charge in [-0.05, 0) is 19.1 Å². The second-order valence-electron chi connectivity index (χ2n) is 3.88. The zero-order valence-corrected chi connectivity index (χ0v) is 11.2. The molecule has 2 rings (SSSR count). The van der Waals surface area contributed by atoms with Crippen LogP contribution < -0.4 is 10.1 Å². The first-order chi connectivity index (χ1) is 8.70. The van der Waals surface area contributed by atoms with Gasteiger partial charge in [-0.25, -0.2) is 9.37 Å². The highest BCUT2D eigenvalue weighted by atomic mass is 32.1. The van der Waals surface area contributed by atoms with Crippen molar-refractivity contribution in [1.29, 1.82) is 0 Å². The second-order valence-corrected chi connectivity index (χ2v) is 4.82. The monoisotopic (exact) mass is 266 g/mol. The first-order valence-electron chi connectivity index (χ1n) is 5.67. The molecular weight excluding hydrogens is 251 g/mol. The van der Waals surface area contributed by atoms with Crippen LogP contribution in [0.4, 0.5) is 10.1 Å². The van der Waals surface area contributed by atoms with Gasteiger partial charge >= 0.3 is 0 Å². The number of methoxy groups -OCH3 is 1. The molecule has 5 heteroatoms. The number of nitrogens with one attached hydrogen (secondary N) is 1. The number of rotatable bonds is 5. The molecule has 0 bridgehead atoms. The van der Waals surface area contributed by atoms with Crippen molar-refractivity contribution in [2.45, 2.75) is 13.3 Å². The van der Waals surface area contributed by atoms with Gasteiger partial charge in [0.25, 0.3) is 0 Å². The maximum Gasteiger partial charge on any atom is 0.146 e. The van der Waals surface area contributed by atoms with Crippen LogP contribution in [0.25, 0.3) is 0 Å². The number of hydrogen-bond donors (Lipinski definition) is 1. The molecule has 0 atom stereocenters. The molecule has 0 saturated carbocycles. The number of halogens is 1. The van der Waals surface area contributed by atoms with E-state index in [2.05, 4.69) is 10.3 Å². The Morgan fingerprint density at radius 1 is 1.44 bits per heavy atom. The zero-order valence-electron chi connectivity index (χ0n) is 10.4. The SMILES string of the molecule is COc1ccc(F)c(NCCc2scnc2C)c1. The van der Waals surface area contributed by atoms with Crippen LogP contribution in [-0.4, -0.2) is 18.6 Å². The van der Waals surface area contributed by atoms with E-state index in [1.165, 1.54) is 10.9 Å². The molecule has 1 N–H and O–H groups in total. The van der Waals surface area contributed by atoms with Crippen LogP contribution >= 0.6 is 11.3 Å². The normalized spacial score (nSPS) is 10.4. The van der Waals surface area contributed by atoms with Gasteiger partial charge in [-0.2, -0.15) is 0 Å². The molecule has 1 aromatic carbocycles. The Balaban J connectivity index is 1.96. The Bertz CT molecular complexity index is 527. The average molecular weight is 266 g/mol. The quantitative estimate of drug-likeness (QED) is 0.902. The molecule has 0 spiro atoms. The van der Waals surface area contributed by atoms with Crippen LogP contribution in [0.15, 0.2) is 23.7 Å². The van der Waals surface area contributed by atoms with E-state index in [1.807, 2.05) is 12.4 Å². The van der Waals surface area contributed by atoms with Crippen molar-refractivity contribution in [3.8, 4) is 5.75 Å². The van der Waals surface area contributed by atoms with Gasteiger partial charge in [0.15, 0.2) is 0 Å². The number of aryl methyl sites for hydroxylation is 1. The van der Waals surface area contributed by atoms with Crippen LogP contribution in [-0.2, 0) is 6.42 Å². The standard InChI is InChI=1S/C13H15FN2OS/c1-9-13(18-8-16-9)5-6-15-12-7-10(17-2)3-4-11(12)14/h3-4,7-8,15H,5-6H2,1-2H3. The second kappa shape index (κ2) is 5.82. The maximum absolute atomic E-state index is 13.5. The van der Waals surface area contributed by atoms with Crippen molar-refractivity contribution in [3.05, 3.63) is 40.1 Å². The first kappa shape index (κ1) is 12.8. The topological polar surface area (TPSA) is 34.1 Å². The van der Waals surface area contributed by atoms with Gasteiger partial charge in [0.05, 0.1) is 24.0 Å². The van der Waals surface area contributed by atoms with Gasteiger partial charge in [0, 0.05) is 23.9 Å². The molecule has 0 unspecified atom stereocenters. The minimum Gasteiger partial charge on any atom is -0.497 e. The lowest BCUT2D eigenvalue weighted by molar-refractivity contribution is 0.414. The summed E-state index contributed by atoms with van der Waals surface area (Å²) in [6.45, 7) is 2.66. The lowest BCUT2D eigenvalue weighted by Gasteiger charge is -2.08. The zero-order chi connectivity index (χ0) is 13.0. The molecule has 0 saturated heterocycles. The van der Waals surface area contributed by atoms with Crippen LogP contribution in [0.5, 0.6) is 5.75 Å². The fourth-order valence-electron chi connectivity index (χ4n) is 1.64. The number of nitrogens with zero attached hydrogens (tertiary/aromatic N) is 1. The molecule has 96 valence electrons. The fourth-order valence-corrected chi connectivity index (χ4v) is 2.42. The van der Waals surface area contributed by atoms with Crippen molar-refractivity contribution in [2.24, 2.45) is 0 Å². The molecule has 0 amide bonds. The summed E-state index contributed by atoms with van der Waals surface area (Å²) < 4.78 is 18.6. The Morgan fingerprint density at radius 2 is 2.28 bits per heavy atom. The summed E-state index contributed by atoms with van der Waals surface area (Å²) in [4.78, 5) is 5.41. The summed E-state index contributed by atoms with van der Waals surface area (Å²) >= 11 is 1.63. The molecule has 0 aliphatic heterocycles. The maximum atomic E-state index is 13.5. The molecular formula is C13H15FN2OS. The Morgan fingerprint density at radius 3 is 2.94 bits per heavy atom. The minimum atomic E-state index is -0.267. The summed E-state index contributed by atoms with van der Waals surface area (Å²) in [5.41, 5.74) is 3.35. The van der Waals surface area contributed by atoms with Gasteiger partial charge in [-0.15, -0.1) is 11.3 Å². The highest BCUT2D eigenvalue weighted by Gasteiger charge is 2.05. The minimum absolute atomic E-state index is 0.267. The molecule has 0 aliphatic rings. The molecule has 1 heterocycles. The third-order valence-electron chi connectivity index (χ3n) is 2.69. The van der Waals surface area contributed by atoms with Crippen molar-refractivity contribution in [3.63, 3.8) is 0 Å². The molecule has 1 aromatic heterocycles. The summed E-state index contributed by atoms with van der Waals surface area (Å²) in [6.07, 6.45) is 0.840. The van der Waals surface area contributed by atoms with Gasteiger partial charge in [0.2, 0.25) is 0 Å². The number of benzene rings is 1. The molecule has 0 aliphatic carbocycles. The van der Waals surface area contributed by atoms with Gasteiger partial charge < -0.3 is 10.1 Å². The molecule has 2 aromatic rings. The average Bonchev–Trinajstić information content (AvgIpc) is 2.77. The molecule has 3 nitrogen and oxygen atoms in total. The van der Waals surface area contributed by atoms with Crippen LogP contribution in [0.2, 0.25) is 0 Å². The molecule has 0 radical (unpaired) electrons. The van der Waals surface area contributed by atoms with E-state index >= 15 is 0 Å².